The molecule has 194 valence electrons. The van der Waals surface area contributed by atoms with E-state index in [1.807, 2.05) is 11.8 Å². The van der Waals surface area contributed by atoms with Gasteiger partial charge in [0.15, 0.2) is 11.0 Å². The Balaban J connectivity index is 1.52. The number of carbonyl (C=O) groups is 2. The molecule has 1 saturated heterocycles. The molecule has 1 amide bonds. The van der Waals surface area contributed by atoms with Crippen molar-refractivity contribution in [2.24, 2.45) is 0 Å². The van der Waals surface area contributed by atoms with Gasteiger partial charge in [0.25, 0.3) is 5.91 Å². The number of nitrogens with one attached hydrogen (secondary N) is 2. The van der Waals surface area contributed by atoms with Crippen molar-refractivity contribution in [3.8, 4) is 11.5 Å². The van der Waals surface area contributed by atoms with E-state index in [1.54, 1.807) is 18.9 Å². The lowest BCUT2D eigenvalue weighted by molar-refractivity contribution is 0.0540. The summed E-state index contributed by atoms with van der Waals surface area (Å²) in [4.78, 5) is 38.7. The minimum absolute atomic E-state index is 0.0726. The molecule has 1 aliphatic rings. The van der Waals surface area contributed by atoms with E-state index < -0.39 is 5.97 Å². The number of carboxylic acids is 1. The van der Waals surface area contributed by atoms with Gasteiger partial charge in [-0.05, 0) is 29.3 Å². The van der Waals surface area contributed by atoms with E-state index in [4.69, 9.17) is 21.1 Å². The van der Waals surface area contributed by atoms with Crippen molar-refractivity contribution in [2.75, 3.05) is 38.8 Å². The van der Waals surface area contributed by atoms with Crippen LogP contribution >= 0.6 is 38.9 Å². The van der Waals surface area contributed by atoms with Crippen LogP contribution < -0.4 is 10.2 Å². The molecular weight excluding hydrogens is 578 g/mol. The van der Waals surface area contributed by atoms with Crippen molar-refractivity contribution >= 4 is 55.9 Å². The first kappa shape index (κ1) is 26.5. The molecule has 0 saturated carbocycles. The highest BCUT2D eigenvalue weighted by atomic mass is 79.9. The highest BCUT2D eigenvalue weighted by molar-refractivity contribution is 9.10. The molecule has 0 radical (unpaired) electrons. The monoisotopic (exact) mass is 601 g/mol. The standard InChI is InChI=1S/C21H25BrClN7O5S/c1-10-13(22)14(23)15(26-10)19(31)27-11-4-5-29(8-12(11)35-3)21-28-16(17(36-21)20(32)33)18-24-9-25-30(18)6-7-34-2/h9,11-12,26H,4-8H2,1-3H3,(H,27,31)(H,32,33)/t11-,12+/m1/s1. The van der Waals surface area contributed by atoms with Crippen LogP contribution in [0.2, 0.25) is 5.02 Å². The molecule has 1 fully saturated rings. The number of halogens is 2. The van der Waals surface area contributed by atoms with Gasteiger partial charge in [0.1, 0.15) is 22.6 Å². The Hall–Kier alpha value is -2.52. The minimum Gasteiger partial charge on any atom is -0.477 e. The zero-order valence-electron chi connectivity index (χ0n) is 19.7. The molecule has 36 heavy (non-hydrogen) atoms. The number of aromatic nitrogens is 5. The largest absolute Gasteiger partial charge is 0.477 e. The first-order valence-electron chi connectivity index (χ1n) is 11.0. The number of hydrogen-bond acceptors (Lipinski definition) is 9. The molecule has 0 aliphatic carbocycles. The van der Waals surface area contributed by atoms with Crippen molar-refractivity contribution in [2.45, 2.75) is 32.0 Å². The van der Waals surface area contributed by atoms with Gasteiger partial charge >= 0.3 is 5.97 Å². The zero-order chi connectivity index (χ0) is 26.0. The van der Waals surface area contributed by atoms with E-state index in [0.29, 0.717) is 53.1 Å². The summed E-state index contributed by atoms with van der Waals surface area (Å²) in [6, 6.07) is -0.271. The lowest BCUT2D eigenvalue weighted by atomic mass is 10.0. The van der Waals surface area contributed by atoms with Gasteiger partial charge in [-0.25, -0.2) is 19.4 Å². The van der Waals surface area contributed by atoms with Crippen LogP contribution in [0.4, 0.5) is 5.13 Å². The van der Waals surface area contributed by atoms with Crippen LogP contribution in [0.3, 0.4) is 0 Å². The summed E-state index contributed by atoms with van der Waals surface area (Å²) in [6.07, 6.45) is 1.57. The first-order chi connectivity index (χ1) is 17.2. The summed E-state index contributed by atoms with van der Waals surface area (Å²) < 4.78 is 13.0. The second kappa shape index (κ2) is 11.3. The quantitative estimate of drug-likeness (QED) is 0.336. The van der Waals surface area contributed by atoms with Gasteiger partial charge in [0.05, 0.1) is 34.8 Å². The van der Waals surface area contributed by atoms with Gasteiger partial charge in [0.2, 0.25) is 0 Å². The summed E-state index contributed by atoms with van der Waals surface area (Å²) in [5.74, 6) is -1.05. The third-order valence-corrected chi connectivity index (χ3v) is 8.58. The summed E-state index contributed by atoms with van der Waals surface area (Å²) in [5.41, 5.74) is 1.30. The molecule has 0 unspecified atom stereocenters. The van der Waals surface area contributed by atoms with Crippen molar-refractivity contribution < 1.29 is 24.2 Å². The zero-order valence-corrected chi connectivity index (χ0v) is 22.9. The van der Waals surface area contributed by atoms with Crippen LogP contribution in [0.15, 0.2) is 10.8 Å². The Labute approximate surface area is 224 Å². The number of hydrogen-bond donors (Lipinski definition) is 3. The molecule has 0 aromatic carbocycles. The van der Waals surface area contributed by atoms with Gasteiger partial charge in [-0.3, -0.25) is 4.79 Å². The van der Waals surface area contributed by atoms with Crippen LogP contribution in [-0.4, -0.2) is 87.8 Å². The number of aryl methyl sites for hydroxylation is 1. The van der Waals surface area contributed by atoms with Gasteiger partial charge in [-0.15, -0.1) is 0 Å². The Morgan fingerprint density at radius 1 is 1.42 bits per heavy atom. The number of H-pyrrole nitrogens is 1. The number of methoxy groups -OCH3 is 2. The lowest BCUT2D eigenvalue weighted by Gasteiger charge is -2.37. The molecule has 0 bridgehead atoms. The second-order valence-electron chi connectivity index (χ2n) is 8.12. The highest BCUT2D eigenvalue weighted by Crippen LogP contribution is 2.34. The van der Waals surface area contributed by atoms with E-state index in [-0.39, 0.29) is 34.3 Å². The lowest BCUT2D eigenvalue weighted by Crippen LogP contribution is -2.55. The number of carboxylic acid groups (broad SMARTS) is 1. The van der Waals surface area contributed by atoms with E-state index >= 15 is 0 Å². The molecule has 4 heterocycles. The molecule has 2 atom stereocenters. The van der Waals surface area contributed by atoms with Gasteiger partial charge in [0, 0.05) is 33.0 Å². The number of carbonyl (C=O) groups excluding carboxylic acids is 1. The SMILES string of the molecule is COCCn1ncnc1-c1nc(N2CC[C@@H](NC(=O)c3[nH]c(C)c(Br)c3Cl)[C@@H](OC)C2)sc1C(=O)O. The van der Waals surface area contributed by atoms with Gasteiger partial charge in [-0.2, -0.15) is 5.10 Å². The number of ether oxygens (including phenoxy) is 2. The highest BCUT2D eigenvalue weighted by Gasteiger charge is 2.34. The fourth-order valence-electron chi connectivity index (χ4n) is 3.99. The van der Waals surface area contributed by atoms with Crippen molar-refractivity contribution in [3.05, 3.63) is 32.1 Å². The maximum absolute atomic E-state index is 12.9. The van der Waals surface area contributed by atoms with Gasteiger partial charge < -0.3 is 29.8 Å². The van der Waals surface area contributed by atoms with E-state index in [1.165, 1.54) is 6.33 Å². The minimum atomic E-state index is -1.09. The average molecular weight is 603 g/mol. The molecule has 3 aromatic heterocycles. The second-order valence-corrected chi connectivity index (χ2v) is 10.3. The summed E-state index contributed by atoms with van der Waals surface area (Å²) in [6.45, 7) is 3.57. The van der Waals surface area contributed by atoms with Crippen molar-refractivity contribution in [1.82, 2.24) is 30.0 Å². The number of nitrogens with zero attached hydrogens (tertiary/aromatic N) is 5. The summed E-state index contributed by atoms with van der Waals surface area (Å²) >= 11 is 10.7. The van der Waals surface area contributed by atoms with Crippen molar-refractivity contribution in [1.29, 1.82) is 0 Å². The third-order valence-electron chi connectivity index (χ3n) is 5.87. The molecule has 3 aromatic rings. The summed E-state index contributed by atoms with van der Waals surface area (Å²) in [5, 5.41) is 17.8. The normalized spacial score (nSPS) is 18.0. The predicted octanol–water partition coefficient (Wildman–Crippen LogP) is 2.82. The Morgan fingerprint density at radius 3 is 2.83 bits per heavy atom. The summed E-state index contributed by atoms with van der Waals surface area (Å²) in [7, 11) is 3.15. The molecule has 3 N–H and O–H groups in total. The molecule has 15 heteroatoms. The maximum Gasteiger partial charge on any atom is 0.348 e. The number of amides is 1. The van der Waals surface area contributed by atoms with E-state index in [9.17, 15) is 14.7 Å². The fraction of sp³-hybridized carbons (Fsp3) is 0.476. The van der Waals surface area contributed by atoms with Crippen LogP contribution in [0.25, 0.3) is 11.5 Å². The van der Waals surface area contributed by atoms with Crippen LogP contribution in [0, 0.1) is 6.92 Å². The van der Waals surface area contributed by atoms with Crippen LogP contribution in [-0.2, 0) is 16.0 Å². The Bertz CT molecular complexity index is 1260. The Kier molecular flexibility index (Phi) is 8.30. The topological polar surface area (TPSA) is 147 Å². The van der Waals surface area contributed by atoms with Crippen molar-refractivity contribution in [3.63, 3.8) is 0 Å². The van der Waals surface area contributed by atoms with E-state index in [2.05, 4.69) is 41.3 Å². The first-order valence-corrected chi connectivity index (χ1v) is 13.0. The van der Waals surface area contributed by atoms with Gasteiger partial charge in [-0.1, -0.05) is 22.9 Å². The maximum atomic E-state index is 12.9. The Morgan fingerprint density at radius 2 is 2.19 bits per heavy atom. The number of rotatable bonds is 9. The number of anilines is 1. The third kappa shape index (κ3) is 5.27. The molecular formula is C21H25BrClN7O5S. The van der Waals surface area contributed by atoms with E-state index in [0.717, 1.165) is 17.0 Å². The molecule has 4 rings (SSSR count). The number of aromatic carboxylic acids is 1. The smallest absolute Gasteiger partial charge is 0.348 e. The van der Waals surface area contributed by atoms with Crippen LogP contribution in [0.1, 0.15) is 32.3 Å². The molecule has 12 nitrogen and oxygen atoms in total. The number of piperidine rings is 1. The molecule has 1 aliphatic heterocycles. The fourth-order valence-corrected chi connectivity index (χ4v) is 5.50. The van der Waals surface area contributed by atoms with Crippen LogP contribution in [0.5, 0.6) is 0 Å². The number of aromatic amines is 1. The number of thiazole rings is 1. The molecule has 0 spiro atoms. The predicted molar refractivity (Wildman–Crippen MR) is 137 cm³/mol. The average Bonchev–Trinajstić information content (AvgIpc) is 3.57.